The fourth-order valence-corrected chi connectivity index (χ4v) is 0.715. The molecule has 0 heterocycles. The van der Waals surface area contributed by atoms with Crippen LogP contribution < -0.4 is 5.32 Å². The number of carbonyl (C=O) groups is 1. The lowest BCUT2D eigenvalue weighted by molar-refractivity contribution is -0.136. The Morgan fingerprint density at radius 2 is 2.30 bits per heavy atom. The molecule has 0 aliphatic heterocycles. The number of allylic oxidation sites excluding steroid dienone is 1. The minimum atomic E-state index is -0.795. The molecule has 0 saturated heterocycles. The number of aliphatic carboxylic acids is 1. The van der Waals surface area contributed by atoms with Crippen molar-refractivity contribution >= 4 is 18.6 Å². The maximum Gasteiger partial charge on any atom is 0.303 e. The number of carboxylic acid groups (broad SMARTS) is 1. The minimum absolute atomic E-state index is 0.136. The van der Waals surface area contributed by atoms with Crippen molar-refractivity contribution in [3.8, 4) is 0 Å². The Hall–Kier alpha value is -0.640. The van der Waals surface area contributed by atoms with E-state index in [9.17, 15) is 4.79 Å². The van der Waals surface area contributed by atoms with Crippen LogP contribution in [0.1, 0.15) is 12.8 Å². The maximum absolute atomic E-state index is 10.0. The van der Waals surface area contributed by atoms with Crippen LogP contribution in [0.5, 0.6) is 0 Å². The molecule has 0 atom stereocenters. The van der Waals surface area contributed by atoms with Crippen molar-refractivity contribution in [1.82, 2.24) is 5.32 Å². The molecular weight excluding hydrogens is 150 g/mol. The molecule has 0 aromatic carbocycles. The predicted molar refractivity (Wildman–Crippen MR) is 43.0 cm³/mol. The summed E-state index contributed by atoms with van der Waals surface area (Å²) >= 11 is 4.02. The molecule has 0 aliphatic rings. The molecule has 0 aliphatic carbocycles. The van der Waals surface area contributed by atoms with Gasteiger partial charge in [-0.3, -0.25) is 4.79 Å². The molecule has 58 valence electrons. The van der Waals surface area contributed by atoms with Crippen LogP contribution in [0.3, 0.4) is 0 Å². The average molecular weight is 161 g/mol. The van der Waals surface area contributed by atoms with Crippen LogP contribution in [0.2, 0.25) is 0 Å². The molecule has 4 heteroatoms. The second kappa shape index (κ2) is 5.17. The topological polar surface area (TPSA) is 49.3 Å². The lowest BCUT2D eigenvalue weighted by Gasteiger charge is -1.95. The largest absolute Gasteiger partial charge is 0.481 e. The molecule has 0 saturated carbocycles. The molecule has 2 N–H and O–H groups in total. The monoisotopic (exact) mass is 161 g/mol. The Bertz CT molecular complexity index is 145. The quantitative estimate of drug-likeness (QED) is 0.535. The van der Waals surface area contributed by atoms with Crippen LogP contribution in [-0.4, -0.2) is 18.1 Å². The van der Waals surface area contributed by atoms with Gasteiger partial charge in [-0.05, 0) is 11.3 Å². The van der Waals surface area contributed by atoms with E-state index in [1.165, 1.54) is 0 Å². The smallest absolute Gasteiger partial charge is 0.303 e. The molecular formula is C6H11NO2S. The summed E-state index contributed by atoms with van der Waals surface area (Å²) in [5.74, 6) is -0.795. The average Bonchev–Trinajstić information content (AvgIpc) is 1.85. The van der Waals surface area contributed by atoms with E-state index in [1.807, 2.05) is 0 Å². The van der Waals surface area contributed by atoms with Gasteiger partial charge in [0, 0.05) is 19.7 Å². The Morgan fingerprint density at radius 3 is 2.70 bits per heavy atom. The van der Waals surface area contributed by atoms with Gasteiger partial charge in [-0.25, -0.2) is 0 Å². The molecule has 0 bridgehead atoms. The summed E-state index contributed by atoms with van der Waals surface area (Å²) in [6.45, 7) is 0. The van der Waals surface area contributed by atoms with Gasteiger partial charge in [0.15, 0.2) is 0 Å². The first-order chi connectivity index (χ1) is 4.66. The highest BCUT2D eigenvalue weighted by molar-refractivity contribution is 7.84. The van der Waals surface area contributed by atoms with Crippen LogP contribution in [0, 0.1) is 0 Å². The van der Waals surface area contributed by atoms with E-state index >= 15 is 0 Å². The Labute approximate surface area is 65.5 Å². The van der Waals surface area contributed by atoms with Crippen LogP contribution >= 0.6 is 12.6 Å². The summed E-state index contributed by atoms with van der Waals surface area (Å²) in [5.41, 5.74) is 0. The first-order valence-electron chi connectivity index (χ1n) is 2.94. The standard InChI is InChI=1S/C6H11NO2S/c1-7-4-5(10)2-3-6(8)9/h4,7,10H,2-3H2,1H3,(H,8,9)/b5-4-. The van der Waals surface area contributed by atoms with Gasteiger partial charge >= 0.3 is 5.97 Å². The molecule has 0 spiro atoms. The maximum atomic E-state index is 10.0. The molecule has 10 heavy (non-hydrogen) atoms. The van der Waals surface area contributed by atoms with Gasteiger partial charge in [0.05, 0.1) is 0 Å². The van der Waals surface area contributed by atoms with Crippen molar-refractivity contribution in [3.63, 3.8) is 0 Å². The lowest BCUT2D eigenvalue weighted by atomic mass is 10.3. The molecule has 0 fully saturated rings. The summed E-state index contributed by atoms with van der Waals surface area (Å²) in [6.07, 6.45) is 2.29. The van der Waals surface area contributed by atoms with Gasteiger partial charge in [-0.1, -0.05) is 0 Å². The van der Waals surface area contributed by atoms with Crippen LogP contribution in [0.25, 0.3) is 0 Å². The Kier molecular flexibility index (Phi) is 4.84. The third-order valence-electron chi connectivity index (χ3n) is 0.906. The van der Waals surface area contributed by atoms with Gasteiger partial charge in [-0.15, -0.1) is 12.6 Å². The molecule has 0 amide bonds. The van der Waals surface area contributed by atoms with Gasteiger partial charge in [0.25, 0.3) is 0 Å². The molecule has 0 aromatic heterocycles. The number of nitrogens with one attached hydrogen (secondary N) is 1. The zero-order valence-electron chi connectivity index (χ0n) is 5.79. The fourth-order valence-electron chi connectivity index (χ4n) is 0.474. The van der Waals surface area contributed by atoms with Crippen molar-refractivity contribution in [2.75, 3.05) is 7.05 Å². The normalized spacial score (nSPS) is 11.2. The van der Waals surface area contributed by atoms with Crippen molar-refractivity contribution in [1.29, 1.82) is 0 Å². The number of thiol groups is 1. The van der Waals surface area contributed by atoms with E-state index < -0.39 is 5.97 Å². The van der Waals surface area contributed by atoms with Crippen LogP contribution in [0.15, 0.2) is 11.1 Å². The van der Waals surface area contributed by atoms with Crippen molar-refractivity contribution in [3.05, 3.63) is 11.1 Å². The van der Waals surface area contributed by atoms with Crippen LogP contribution in [-0.2, 0) is 4.79 Å². The van der Waals surface area contributed by atoms with Gasteiger partial charge in [-0.2, -0.15) is 0 Å². The lowest BCUT2D eigenvalue weighted by Crippen LogP contribution is -1.97. The highest BCUT2D eigenvalue weighted by Crippen LogP contribution is 2.07. The highest BCUT2D eigenvalue weighted by atomic mass is 32.1. The Morgan fingerprint density at radius 1 is 1.70 bits per heavy atom. The van der Waals surface area contributed by atoms with E-state index in [1.54, 1.807) is 13.2 Å². The van der Waals surface area contributed by atoms with Crippen LogP contribution in [0.4, 0.5) is 0 Å². The zero-order chi connectivity index (χ0) is 7.98. The third-order valence-corrected chi connectivity index (χ3v) is 1.26. The SMILES string of the molecule is CN/C=C(\S)CCC(=O)O. The summed E-state index contributed by atoms with van der Waals surface area (Å²) in [4.78, 5) is 10.8. The second-order valence-electron chi connectivity index (χ2n) is 1.82. The van der Waals surface area contributed by atoms with Gasteiger partial charge in [0.2, 0.25) is 0 Å². The second-order valence-corrected chi connectivity index (χ2v) is 2.39. The summed E-state index contributed by atoms with van der Waals surface area (Å²) in [7, 11) is 1.75. The van der Waals surface area contributed by atoms with Crippen molar-refractivity contribution < 1.29 is 9.90 Å². The first kappa shape index (κ1) is 9.36. The molecule has 3 nitrogen and oxygen atoms in total. The summed E-state index contributed by atoms with van der Waals surface area (Å²) < 4.78 is 0. The molecule has 0 aromatic rings. The van der Waals surface area contributed by atoms with Crippen molar-refractivity contribution in [2.24, 2.45) is 0 Å². The van der Waals surface area contributed by atoms with E-state index in [-0.39, 0.29) is 6.42 Å². The van der Waals surface area contributed by atoms with Gasteiger partial charge in [0.1, 0.15) is 0 Å². The molecule has 0 unspecified atom stereocenters. The van der Waals surface area contributed by atoms with Gasteiger partial charge < -0.3 is 10.4 Å². The number of carboxylic acids is 1. The minimum Gasteiger partial charge on any atom is -0.481 e. The summed E-state index contributed by atoms with van der Waals surface area (Å²) in [6, 6.07) is 0. The van der Waals surface area contributed by atoms with Crippen molar-refractivity contribution in [2.45, 2.75) is 12.8 Å². The third kappa shape index (κ3) is 5.50. The first-order valence-corrected chi connectivity index (χ1v) is 3.38. The molecule has 0 rings (SSSR count). The van der Waals surface area contributed by atoms with E-state index in [2.05, 4.69) is 17.9 Å². The number of hydrogen-bond acceptors (Lipinski definition) is 3. The Balaban J connectivity index is 3.48. The number of hydrogen-bond donors (Lipinski definition) is 3. The number of rotatable bonds is 4. The summed E-state index contributed by atoms with van der Waals surface area (Å²) in [5, 5.41) is 11.0. The molecule has 0 radical (unpaired) electrons. The highest BCUT2D eigenvalue weighted by Gasteiger charge is 1.96. The fraction of sp³-hybridized carbons (Fsp3) is 0.500. The zero-order valence-corrected chi connectivity index (χ0v) is 6.69. The predicted octanol–water partition coefficient (Wildman–Crippen LogP) is 0.842. The van der Waals surface area contributed by atoms with E-state index in [0.29, 0.717) is 6.42 Å². The van der Waals surface area contributed by atoms with E-state index in [0.717, 1.165) is 4.91 Å². The van der Waals surface area contributed by atoms with E-state index in [4.69, 9.17) is 5.11 Å².